The van der Waals surface area contributed by atoms with Crippen molar-refractivity contribution in [2.24, 2.45) is 0 Å². The molecule has 1 aliphatic rings. The van der Waals surface area contributed by atoms with Crippen LogP contribution >= 0.6 is 11.6 Å². The highest BCUT2D eigenvalue weighted by Gasteiger charge is 2.22. The van der Waals surface area contributed by atoms with Crippen LogP contribution in [0.25, 0.3) is 0 Å². The lowest BCUT2D eigenvalue weighted by molar-refractivity contribution is -0.127. The maximum Gasteiger partial charge on any atom is 0.234 e. The molecule has 0 saturated carbocycles. The minimum Gasteiger partial charge on any atom is -0.345 e. The molecule has 0 aromatic heterocycles. The van der Waals surface area contributed by atoms with Crippen LogP contribution in [0, 0.1) is 0 Å². The number of carbonyl (C=O) groups excluding carboxylic acids is 2. The van der Waals surface area contributed by atoms with Crippen LogP contribution < -0.4 is 5.32 Å². The molecule has 0 radical (unpaired) electrons. The van der Waals surface area contributed by atoms with Crippen LogP contribution in [0.1, 0.15) is 18.1 Å². The highest BCUT2D eigenvalue weighted by atomic mass is 35.5. The summed E-state index contributed by atoms with van der Waals surface area (Å²) in [6.07, 6.45) is 0.525. The van der Waals surface area contributed by atoms with Crippen LogP contribution in [0.5, 0.6) is 0 Å². The SMILES string of the molecule is CC(=O)[C@@H](Cc1ccccc1)NC(=O)CN1CCN(Cc2ccc(Cl)cc2)CC1. The van der Waals surface area contributed by atoms with E-state index in [1.807, 2.05) is 42.5 Å². The van der Waals surface area contributed by atoms with Crippen molar-refractivity contribution in [3.63, 3.8) is 0 Å². The third-order valence-electron chi connectivity index (χ3n) is 5.26. The third-order valence-corrected chi connectivity index (χ3v) is 5.51. The molecule has 2 aromatic carbocycles. The van der Waals surface area contributed by atoms with Crippen molar-refractivity contribution >= 4 is 23.3 Å². The van der Waals surface area contributed by atoms with E-state index >= 15 is 0 Å². The summed E-state index contributed by atoms with van der Waals surface area (Å²) in [5, 5.41) is 3.66. The molecule has 0 aliphatic carbocycles. The van der Waals surface area contributed by atoms with Gasteiger partial charge in [-0.05, 0) is 36.6 Å². The van der Waals surface area contributed by atoms with Gasteiger partial charge in [0, 0.05) is 37.7 Å². The second-order valence-electron chi connectivity index (χ2n) is 7.60. The fraction of sp³-hybridized carbons (Fsp3) is 0.391. The summed E-state index contributed by atoms with van der Waals surface area (Å²) in [4.78, 5) is 29.0. The molecule has 1 atom stereocenters. The zero-order valence-electron chi connectivity index (χ0n) is 16.8. The second-order valence-corrected chi connectivity index (χ2v) is 8.04. The minimum atomic E-state index is -0.476. The summed E-state index contributed by atoms with van der Waals surface area (Å²) in [7, 11) is 0. The monoisotopic (exact) mass is 413 g/mol. The Bertz CT molecular complexity index is 803. The molecule has 1 fully saturated rings. The maximum absolute atomic E-state index is 12.5. The van der Waals surface area contributed by atoms with Crippen LogP contribution in [-0.4, -0.2) is 60.3 Å². The van der Waals surface area contributed by atoms with E-state index in [2.05, 4.69) is 27.2 Å². The summed E-state index contributed by atoms with van der Waals surface area (Å²) in [5.74, 6) is -0.109. The van der Waals surface area contributed by atoms with Crippen LogP contribution in [0.2, 0.25) is 5.02 Å². The molecule has 0 unspecified atom stereocenters. The number of Topliss-reactive ketones (excluding diaryl/α,β-unsaturated/α-hetero) is 1. The topological polar surface area (TPSA) is 52.7 Å². The van der Waals surface area contributed by atoms with Gasteiger partial charge >= 0.3 is 0 Å². The predicted molar refractivity (Wildman–Crippen MR) is 116 cm³/mol. The lowest BCUT2D eigenvalue weighted by Gasteiger charge is -2.34. The number of rotatable bonds is 8. The van der Waals surface area contributed by atoms with Gasteiger partial charge in [-0.25, -0.2) is 0 Å². The number of amides is 1. The second kappa shape index (κ2) is 10.5. The van der Waals surface area contributed by atoms with Crippen LogP contribution in [0.4, 0.5) is 0 Å². The van der Waals surface area contributed by atoms with Crippen molar-refractivity contribution in [1.29, 1.82) is 0 Å². The number of benzene rings is 2. The van der Waals surface area contributed by atoms with Gasteiger partial charge in [-0.3, -0.25) is 19.4 Å². The van der Waals surface area contributed by atoms with Crippen molar-refractivity contribution in [3.8, 4) is 0 Å². The number of hydrogen-bond acceptors (Lipinski definition) is 4. The van der Waals surface area contributed by atoms with E-state index in [9.17, 15) is 9.59 Å². The highest BCUT2D eigenvalue weighted by molar-refractivity contribution is 6.30. The summed E-state index contributed by atoms with van der Waals surface area (Å²) < 4.78 is 0. The van der Waals surface area contributed by atoms with Crippen LogP contribution in [-0.2, 0) is 22.6 Å². The van der Waals surface area contributed by atoms with Crippen molar-refractivity contribution in [2.45, 2.75) is 25.9 Å². The quantitative estimate of drug-likeness (QED) is 0.723. The van der Waals surface area contributed by atoms with Crippen molar-refractivity contribution in [2.75, 3.05) is 32.7 Å². The van der Waals surface area contributed by atoms with E-state index in [0.717, 1.165) is 43.3 Å². The summed E-state index contributed by atoms with van der Waals surface area (Å²) >= 11 is 5.94. The number of nitrogens with one attached hydrogen (secondary N) is 1. The Morgan fingerprint density at radius 2 is 1.55 bits per heavy atom. The molecule has 1 N–H and O–H groups in total. The van der Waals surface area contributed by atoms with Gasteiger partial charge in [0.25, 0.3) is 0 Å². The molecule has 29 heavy (non-hydrogen) atoms. The van der Waals surface area contributed by atoms with E-state index in [1.165, 1.54) is 12.5 Å². The highest BCUT2D eigenvalue weighted by Crippen LogP contribution is 2.13. The summed E-state index contributed by atoms with van der Waals surface area (Å²) in [5.41, 5.74) is 2.29. The Labute approximate surface area is 177 Å². The van der Waals surface area contributed by atoms with Crippen molar-refractivity contribution in [1.82, 2.24) is 15.1 Å². The molecule has 0 bridgehead atoms. The van der Waals surface area contributed by atoms with Crippen molar-refractivity contribution < 1.29 is 9.59 Å². The average Bonchev–Trinajstić information content (AvgIpc) is 2.71. The Morgan fingerprint density at radius 3 is 2.17 bits per heavy atom. The van der Waals surface area contributed by atoms with E-state index < -0.39 is 6.04 Å². The molecule has 0 spiro atoms. The molecule has 154 valence electrons. The van der Waals surface area contributed by atoms with E-state index in [0.29, 0.717) is 13.0 Å². The first kappa shape index (κ1) is 21.5. The summed E-state index contributed by atoms with van der Waals surface area (Å²) in [6, 6.07) is 17.2. The van der Waals surface area contributed by atoms with Gasteiger partial charge in [0.15, 0.2) is 5.78 Å². The van der Waals surface area contributed by atoms with Gasteiger partial charge in [-0.15, -0.1) is 0 Å². The molecule has 1 saturated heterocycles. The smallest absolute Gasteiger partial charge is 0.234 e. The van der Waals surface area contributed by atoms with Gasteiger partial charge in [0.05, 0.1) is 12.6 Å². The molecule has 1 aliphatic heterocycles. The van der Waals surface area contributed by atoms with E-state index in [4.69, 9.17) is 11.6 Å². The zero-order chi connectivity index (χ0) is 20.6. The predicted octanol–water partition coefficient (Wildman–Crippen LogP) is 2.77. The van der Waals surface area contributed by atoms with Gasteiger partial charge in [-0.2, -0.15) is 0 Å². The molecule has 1 amide bonds. The molecular formula is C23H28ClN3O2. The molecule has 2 aromatic rings. The molecule has 1 heterocycles. The molecule has 5 nitrogen and oxygen atoms in total. The first-order chi connectivity index (χ1) is 14.0. The number of carbonyl (C=O) groups is 2. The van der Waals surface area contributed by atoms with Crippen molar-refractivity contribution in [3.05, 3.63) is 70.7 Å². The lowest BCUT2D eigenvalue weighted by Crippen LogP contribution is -2.51. The number of piperazine rings is 1. The number of nitrogens with zero attached hydrogens (tertiary/aromatic N) is 2. The van der Waals surface area contributed by atoms with Gasteiger partial charge in [0.1, 0.15) is 0 Å². The first-order valence-corrected chi connectivity index (χ1v) is 10.4. The Balaban J connectivity index is 1.43. The largest absolute Gasteiger partial charge is 0.345 e. The maximum atomic E-state index is 12.5. The van der Waals surface area contributed by atoms with Crippen LogP contribution in [0.15, 0.2) is 54.6 Å². The van der Waals surface area contributed by atoms with E-state index in [-0.39, 0.29) is 11.7 Å². The molecular weight excluding hydrogens is 386 g/mol. The van der Waals surface area contributed by atoms with Gasteiger partial charge < -0.3 is 5.32 Å². The fourth-order valence-corrected chi connectivity index (χ4v) is 3.67. The Hall–Kier alpha value is -2.21. The average molecular weight is 414 g/mol. The van der Waals surface area contributed by atoms with Gasteiger partial charge in [-0.1, -0.05) is 54.1 Å². The molecule has 3 rings (SSSR count). The summed E-state index contributed by atoms with van der Waals surface area (Å²) in [6.45, 7) is 6.25. The molecule has 6 heteroatoms. The minimum absolute atomic E-state index is 0.0185. The Morgan fingerprint density at radius 1 is 0.931 bits per heavy atom. The van der Waals surface area contributed by atoms with Gasteiger partial charge in [0.2, 0.25) is 5.91 Å². The van der Waals surface area contributed by atoms with Crippen LogP contribution in [0.3, 0.4) is 0 Å². The first-order valence-electron chi connectivity index (χ1n) is 10.0. The zero-order valence-corrected chi connectivity index (χ0v) is 17.6. The number of ketones is 1. The normalized spacial score (nSPS) is 16.3. The number of hydrogen-bond donors (Lipinski definition) is 1. The third kappa shape index (κ3) is 6.96. The lowest BCUT2D eigenvalue weighted by atomic mass is 10.0. The van der Waals surface area contributed by atoms with E-state index in [1.54, 1.807) is 0 Å². The number of halogens is 1. The fourth-order valence-electron chi connectivity index (χ4n) is 3.54. The standard InChI is InChI=1S/C23H28ClN3O2/c1-18(28)22(15-19-5-3-2-4-6-19)25-23(29)17-27-13-11-26(12-14-27)16-20-7-9-21(24)10-8-20/h2-10,22H,11-17H2,1H3,(H,25,29)/t22-/m1/s1. The Kier molecular flexibility index (Phi) is 7.81.